The first kappa shape index (κ1) is 35.4. The molecular weight excluding hydrogens is 574 g/mol. The van der Waals surface area contributed by atoms with E-state index in [0.717, 1.165) is 30.9 Å². The van der Waals surface area contributed by atoms with Gasteiger partial charge in [0.15, 0.2) is 0 Å². The summed E-state index contributed by atoms with van der Waals surface area (Å²) in [5.74, 6) is 3.39. The molecule has 0 radical (unpaired) electrons. The first-order chi connectivity index (χ1) is 21.7. The van der Waals surface area contributed by atoms with Crippen molar-refractivity contribution in [1.82, 2.24) is 15.5 Å². The summed E-state index contributed by atoms with van der Waals surface area (Å²) in [5, 5.41) is 17.3. The number of carbonyl (C=O) groups is 2. The maximum absolute atomic E-state index is 14.0. The number of carbonyl (C=O) groups excluding carboxylic acids is 2. The highest BCUT2D eigenvalue weighted by molar-refractivity contribution is 6.00. The summed E-state index contributed by atoms with van der Waals surface area (Å²) in [6.07, 6.45) is 1.32. The highest BCUT2D eigenvalue weighted by Crippen LogP contribution is 2.16. The van der Waals surface area contributed by atoms with Gasteiger partial charge in [-0.2, -0.15) is 0 Å². The number of aliphatic hydroxyl groups is 1. The average molecular weight is 619 g/mol. The van der Waals surface area contributed by atoms with E-state index >= 15 is 0 Å². The molecule has 3 aromatic carbocycles. The molecule has 45 heavy (non-hydrogen) atoms. The van der Waals surface area contributed by atoms with Crippen molar-refractivity contribution in [1.29, 1.82) is 0 Å². The lowest BCUT2D eigenvalue weighted by Gasteiger charge is -2.25. The molecule has 0 aliphatic rings. The Hall–Kier alpha value is -4.10. The number of hydrogen-bond acceptors (Lipinski definition) is 5. The van der Waals surface area contributed by atoms with E-state index in [0.29, 0.717) is 30.8 Å². The maximum Gasteiger partial charge on any atom is 0.253 e. The number of nitrogens with one attached hydrogen (secondary N) is 2. The van der Waals surface area contributed by atoms with Gasteiger partial charge in [0.25, 0.3) is 11.8 Å². The molecule has 2 amide bonds. The quantitative estimate of drug-likeness (QED) is 0.187. The molecule has 7 nitrogen and oxygen atoms in total. The van der Waals surface area contributed by atoms with Gasteiger partial charge in [-0.05, 0) is 72.7 Å². The third-order valence-electron chi connectivity index (χ3n) is 7.29. The van der Waals surface area contributed by atoms with Gasteiger partial charge in [0.1, 0.15) is 11.6 Å². The van der Waals surface area contributed by atoms with Crippen molar-refractivity contribution < 1.29 is 23.5 Å². The van der Waals surface area contributed by atoms with Crippen LogP contribution in [0, 0.1) is 23.5 Å². The number of aryl methyl sites for hydroxylation is 1. The Morgan fingerprint density at radius 3 is 2.22 bits per heavy atom. The minimum Gasteiger partial charge on any atom is -0.390 e. The van der Waals surface area contributed by atoms with E-state index < -0.39 is 29.7 Å². The van der Waals surface area contributed by atoms with Gasteiger partial charge in [-0.25, -0.2) is 8.78 Å². The Bertz CT molecular complexity index is 1470. The summed E-state index contributed by atoms with van der Waals surface area (Å²) in [4.78, 5) is 28.9. The topological polar surface area (TPSA) is 108 Å². The molecule has 240 valence electrons. The zero-order valence-corrected chi connectivity index (χ0v) is 26.3. The molecule has 0 unspecified atom stereocenters. The summed E-state index contributed by atoms with van der Waals surface area (Å²) in [6.45, 7) is 7.89. The number of nitrogens with two attached hydrogens (primary N) is 1. The van der Waals surface area contributed by atoms with Crippen molar-refractivity contribution in [3.8, 4) is 11.8 Å². The van der Waals surface area contributed by atoms with Crippen LogP contribution in [0.5, 0.6) is 0 Å². The number of benzene rings is 3. The van der Waals surface area contributed by atoms with Gasteiger partial charge in [-0.3, -0.25) is 9.59 Å². The first-order valence-corrected chi connectivity index (χ1v) is 15.5. The van der Waals surface area contributed by atoms with Crippen molar-refractivity contribution in [2.75, 3.05) is 26.2 Å². The standard InChI is InChI=1S/C36H44F2N4O3/c1-4-13-42(14-5-2)36(45)30-17-26(11-8-12-39)16-29(21-30)35(44)41-33(20-28-18-31(37)22-32(38)19-28)34(43)24-40-23-27-10-7-9-25(6-3)15-27/h7,9-10,15-19,21-22,33-34,40,43H,4-6,12-14,20,23-24,39H2,1-3H3,(H,41,44)/t33-,34+/m0/s1. The van der Waals surface area contributed by atoms with Crippen LogP contribution in [-0.2, 0) is 19.4 Å². The number of halogens is 2. The van der Waals surface area contributed by atoms with Crippen LogP contribution in [0.25, 0.3) is 0 Å². The van der Waals surface area contributed by atoms with Crippen molar-refractivity contribution in [2.45, 2.75) is 65.1 Å². The molecule has 0 saturated carbocycles. The molecular formula is C36H44F2N4O3. The minimum absolute atomic E-state index is 0.0339. The van der Waals surface area contributed by atoms with Crippen LogP contribution in [0.2, 0.25) is 0 Å². The van der Waals surface area contributed by atoms with E-state index in [4.69, 9.17) is 5.73 Å². The molecule has 0 heterocycles. The molecule has 0 aliphatic carbocycles. The van der Waals surface area contributed by atoms with E-state index in [1.807, 2.05) is 32.0 Å². The highest BCUT2D eigenvalue weighted by Gasteiger charge is 2.24. The van der Waals surface area contributed by atoms with E-state index in [2.05, 4.69) is 35.5 Å². The number of hydrogen-bond donors (Lipinski definition) is 4. The molecule has 0 aromatic heterocycles. The lowest BCUT2D eigenvalue weighted by atomic mass is 9.99. The Labute approximate surface area is 265 Å². The van der Waals surface area contributed by atoms with Crippen LogP contribution in [-0.4, -0.2) is 60.1 Å². The SMILES string of the molecule is CCCN(CCC)C(=O)c1cc(C#CCN)cc(C(=O)N[C@@H](Cc2cc(F)cc(F)c2)[C@H](O)CNCc2cccc(CC)c2)c1. The highest BCUT2D eigenvalue weighted by atomic mass is 19.1. The maximum atomic E-state index is 14.0. The van der Waals surface area contributed by atoms with Crippen LogP contribution >= 0.6 is 0 Å². The van der Waals surface area contributed by atoms with Crippen LogP contribution in [0.4, 0.5) is 8.78 Å². The van der Waals surface area contributed by atoms with Crippen molar-refractivity contribution in [3.05, 3.63) is 106 Å². The fraction of sp³-hybridized carbons (Fsp3) is 0.389. The predicted octanol–water partition coefficient (Wildman–Crippen LogP) is 4.59. The number of aliphatic hydroxyl groups excluding tert-OH is 1. The van der Waals surface area contributed by atoms with E-state index in [9.17, 15) is 23.5 Å². The summed E-state index contributed by atoms with van der Waals surface area (Å²) in [6, 6.07) is 15.0. The second kappa shape index (κ2) is 18.0. The van der Waals surface area contributed by atoms with Gasteiger partial charge >= 0.3 is 0 Å². The Kier molecular flexibility index (Phi) is 14.2. The summed E-state index contributed by atoms with van der Waals surface area (Å²) >= 11 is 0. The van der Waals surface area contributed by atoms with Crippen LogP contribution in [0.3, 0.4) is 0 Å². The molecule has 0 spiro atoms. The molecule has 3 rings (SSSR count). The molecule has 0 bridgehead atoms. The second-order valence-corrected chi connectivity index (χ2v) is 11.0. The Morgan fingerprint density at radius 2 is 1.58 bits per heavy atom. The largest absolute Gasteiger partial charge is 0.390 e. The fourth-order valence-electron chi connectivity index (χ4n) is 5.13. The molecule has 9 heteroatoms. The molecule has 3 aromatic rings. The third-order valence-corrected chi connectivity index (χ3v) is 7.29. The molecule has 5 N–H and O–H groups in total. The Morgan fingerprint density at radius 1 is 0.911 bits per heavy atom. The first-order valence-electron chi connectivity index (χ1n) is 15.5. The van der Waals surface area contributed by atoms with Gasteiger partial charge in [0.2, 0.25) is 0 Å². The summed E-state index contributed by atoms with van der Waals surface area (Å²) in [7, 11) is 0. The van der Waals surface area contributed by atoms with Crippen LogP contribution in [0.15, 0.2) is 60.7 Å². The number of rotatable bonds is 15. The predicted molar refractivity (Wildman–Crippen MR) is 174 cm³/mol. The van der Waals surface area contributed by atoms with Gasteiger partial charge in [-0.15, -0.1) is 0 Å². The van der Waals surface area contributed by atoms with E-state index in [1.165, 1.54) is 23.8 Å². The molecule has 0 saturated heterocycles. The van der Waals surface area contributed by atoms with Crippen LogP contribution in [0.1, 0.15) is 76.6 Å². The number of nitrogens with zero attached hydrogens (tertiary/aromatic N) is 1. The Balaban J connectivity index is 1.89. The van der Waals surface area contributed by atoms with Crippen molar-refractivity contribution in [3.63, 3.8) is 0 Å². The zero-order chi connectivity index (χ0) is 32.8. The van der Waals surface area contributed by atoms with Crippen molar-refractivity contribution in [2.24, 2.45) is 5.73 Å². The fourth-order valence-corrected chi connectivity index (χ4v) is 5.13. The summed E-state index contributed by atoms with van der Waals surface area (Å²) < 4.78 is 28.1. The van der Waals surface area contributed by atoms with Gasteiger partial charge < -0.3 is 26.4 Å². The van der Waals surface area contributed by atoms with E-state index in [-0.39, 0.29) is 36.5 Å². The number of amides is 2. The monoisotopic (exact) mass is 618 g/mol. The molecule has 2 atom stereocenters. The zero-order valence-electron chi connectivity index (χ0n) is 26.3. The van der Waals surface area contributed by atoms with Gasteiger partial charge in [0, 0.05) is 48.9 Å². The smallest absolute Gasteiger partial charge is 0.253 e. The van der Waals surface area contributed by atoms with Crippen LogP contribution < -0.4 is 16.4 Å². The molecule has 0 aliphatic heterocycles. The normalized spacial score (nSPS) is 12.2. The van der Waals surface area contributed by atoms with Crippen molar-refractivity contribution >= 4 is 11.8 Å². The summed E-state index contributed by atoms with van der Waals surface area (Å²) in [5.41, 5.74) is 9.01. The lowest BCUT2D eigenvalue weighted by Crippen LogP contribution is -2.48. The van der Waals surface area contributed by atoms with Gasteiger partial charge in [0.05, 0.1) is 18.7 Å². The molecule has 0 fully saturated rings. The lowest BCUT2D eigenvalue weighted by molar-refractivity contribution is 0.0755. The minimum atomic E-state index is -1.11. The van der Waals surface area contributed by atoms with E-state index in [1.54, 1.807) is 17.0 Å². The second-order valence-electron chi connectivity index (χ2n) is 11.0. The third kappa shape index (κ3) is 11.1. The van der Waals surface area contributed by atoms with Gasteiger partial charge in [-0.1, -0.05) is 56.9 Å². The average Bonchev–Trinajstić information content (AvgIpc) is 3.02.